The summed E-state index contributed by atoms with van der Waals surface area (Å²) in [6, 6.07) is 7.39. The van der Waals surface area contributed by atoms with Crippen LogP contribution in [0.15, 0.2) is 29.1 Å². The Morgan fingerprint density at radius 3 is 3.00 bits per heavy atom. The molecule has 0 saturated heterocycles. The molecular formula is C12H16N2O3. The van der Waals surface area contributed by atoms with Crippen LogP contribution in [-0.2, 0) is 16.1 Å². The van der Waals surface area contributed by atoms with E-state index in [4.69, 9.17) is 4.74 Å². The van der Waals surface area contributed by atoms with Crippen LogP contribution >= 0.6 is 0 Å². The molecule has 92 valence electrons. The first kappa shape index (κ1) is 11.4. The lowest BCUT2D eigenvalue weighted by molar-refractivity contribution is -0.143. The SMILES string of the molecule is CCOC(=O)CCn1c(=O)[nH]c2ccccc21.[HH]. The summed E-state index contributed by atoms with van der Waals surface area (Å²) in [6.45, 7) is 2.46. The lowest BCUT2D eigenvalue weighted by Crippen LogP contribution is -2.19. The molecule has 2 aromatic rings. The van der Waals surface area contributed by atoms with Crippen molar-refractivity contribution in [1.29, 1.82) is 0 Å². The first-order valence-corrected chi connectivity index (χ1v) is 5.55. The van der Waals surface area contributed by atoms with E-state index in [0.717, 1.165) is 11.0 Å². The highest BCUT2D eigenvalue weighted by molar-refractivity contribution is 5.75. The maximum atomic E-state index is 11.7. The van der Waals surface area contributed by atoms with Gasteiger partial charge in [0.2, 0.25) is 0 Å². The molecule has 1 aromatic heterocycles. The van der Waals surface area contributed by atoms with E-state index in [2.05, 4.69) is 4.98 Å². The molecule has 0 bridgehead atoms. The number of aromatic nitrogens is 2. The Hall–Kier alpha value is -2.04. The second-order valence-corrected chi connectivity index (χ2v) is 3.65. The summed E-state index contributed by atoms with van der Waals surface area (Å²) in [5, 5.41) is 0. The maximum absolute atomic E-state index is 11.7. The standard InChI is InChI=1S/C12H14N2O3.H2/c1-2-17-11(15)7-8-14-10-6-4-3-5-9(10)13-12(14)16;/h3-6H,2,7-8H2,1H3,(H,13,16);1H. The van der Waals surface area contributed by atoms with Crippen molar-refractivity contribution < 1.29 is 11.0 Å². The summed E-state index contributed by atoms with van der Waals surface area (Å²) in [5.41, 5.74) is 1.39. The Bertz CT molecular complexity index is 588. The van der Waals surface area contributed by atoms with E-state index >= 15 is 0 Å². The monoisotopic (exact) mass is 236 g/mol. The van der Waals surface area contributed by atoms with Gasteiger partial charge in [-0.2, -0.15) is 0 Å². The number of imidazole rings is 1. The van der Waals surface area contributed by atoms with Gasteiger partial charge in [-0.1, -0.05) is 12.1 Å². The molecule has 2 rings (SSSR count). The Morgan fingerprint density at radius 2 is 2.24 bits per heavy atom. The fourth-order valence-electron chi connectivity index (χ4n) is 1.77. The predicted molar refractivity (Wildman–Crippen MR) is 65.9 cm³/mol. The maximum Gasteiger partial charge on any atom is 0.326 e. The molecule has 0 aliphatic rings. The molecule has 5 heteroatoms. The molecule has 0 aliphatic heterocycles. The molecular weight excluding hydrogens is 220 g/mol. The lowest BCUT2D eigenvalue weighted by Gasteiger charge is -2.03. The number of nitrogens with one attached hydrogen (secondary N) is 1. The summed E-state index contributed by atoms with van der Waals surface area (Å²) in [5.74, 6) is -0.287. The summed E-state index contributed by atoms with van der Waals surface area (Å²) >= 11 is 0. The van der Waals surface area contributed by atoms with E-state index in [1.807, 2.05) is 24.3 Å². The van der Waals surface area contributed by atoms with Gasteiger partial charge in [0.15, 0.2) is 0 Å². The van der Waals surface area contributed by atoms with Crippen molar-refractivity contribution in [1.82, 2.24) is 9.55 Å². The third kappa shape index (κ3) is 2.38. The molecule has 0 saturated carbocycles. The summed E-state index contributed by atoms with van der Waals surface area (Å²) in [6.07, 6.45) is 0.204. The van der Waals surface area contributed by atoms with Crippen molar-refractivity contribution in [3.05, 3.63) is 34.7 Å². The van der Waals surface area contributed by atoms with Crippen LogP contribution in [0.3, 0.4) is 0 Å². The van der Waals surface area contributed by atoms with Gasteiger partial charge in [-0.15, -0.1) is 0 Å². The van der Waals surface area contributed by atoms with Crippen LogP contribution in [0.2, 0.25) is 0 Å². The number of ether oxygens (including phenoxy) is 1. The highest BCUT2D eigenvalue weighted by Gasteiger charge is 2.08. The molecule has 0 fully saturated rings. The van der Waals surface area contributed by atoms with Crippen molar-refractivity contribution in [3.63, 3.8) is 0 Å². The second kappa shape index (κ2) is 4.86. The van der Waals surface area contributed by atoms with E-state index in [-0.39, 0.29) is 19.5 Å². The van der Waals surface area contributed by atoms with Crippen molar-refractivity contribution in [2.75, 3.05) is 6.61 Å². The molecule has 1 aromatic carbocycles. The van der Waals surface area contributed by atoms with Crippen LogP contribution in [-0.4, -0.2) is 22.1 Å². The third-order valence-corrected chi connectivity index (χ3v) is 2.53. The molecule has 5 nitrogen and oxygen atoms in total. The van der Waals surface area contributed by atoms with Gasteiger partial charge in [0, 0.05) is 7.97 Å². The highest BCUT2D eigenvalue weighted by atomic mass is 16.5. The minimum Gasteiger partial charge on any atom is -0.466 e. The molecule has 0 atom stereocenters. The van der Waals surface area contributed by atoms with Gasteiger partial charge >= 0.3 is 11.7 Å². The van der Waals surface area contributed by atoms with Crippen LogP contribution in [0, 0.1) is 0 Å². The van der Waals surface area contributed by atoms with Gasteiger partial charge in [0.05, 0.1) is 24.1 Å². The van der Waals surface area contributed by atoms with Gasteiger partial charge in [-0.05, 0) is 19.1 Å². The minimum atomic E-state index is -0.287. The predicted octanol–water partition coefficient (Wildman–Crippen LogP) is 1.53. The Kier molecular flexibility index (Phi) is 3.27. The van der Waals surface area contributed by atoms with Gasteiger partial charge < -0.3 is 9.72 Å². The number of fused-ring (bicyclic) bond motifs is 1. The number of benzene rings is 1. The molecule has 0 radical (unpaired) electrons. The van der Waals surface area contributed by atoms with Crippen LogP contribution in [0.5, 0.6) is 0 Å². The molecule has 0 aliphatic carbocycles. The Labute approximate surface area is 99.5 Å². The van der Waals surface area contributed by atoms with Crippen LogP contribution < -0.4 is 5.69 Å². The summed E-state index contributed by atoms with van der Waals surface area (Å²) in [7, 11) is 0. The summed E-state index contributed by atoms with van der Waals surface area (Å²) < 4.78 is 6.38. The zero-order valence-electron chi connectivity index (χ0n) is 9.60. The number of hydrogen-bond donors (Lipinski definition) is 1. The number of aryl methyl sites for hydroxylation is 1. The number of rotatable bonds is 4. The average molecular weight is 236 g/mol. The van der Waals surface area contributed by atoms with Crippen molar-refractivity contribution >= 4 is 17.0 Å². The highest BCUT2D eigenvalue weighted by Crippen LogP contribution is 2.09. The first-order chi connectivity index (χ1) is 8.22. The first-order valence-electron chi connectivity index (χ1n) is 5.55. The second-order valence-electron chi connectivity index (χ2n) is 3.65. The average Bonchev–Trinajstić information content (AvgIpc) is 2.62. The number of para-hydroxylation sites is 2. The molecule has 0 amide bonds. The zero-order chi connectivity index (χ0) is 12.3. The molecule has 0 unspecified atom stereocenters. The fraction of sp³-hybridized carbons (Fsp3) is 0.333. The van der Waals surface area contributed by atoms with Crippen LogP contribution in [0.4, 0.5) is 0 Å². The number of carbonyl (C=O) groups excluding carboxylic acids is 1. The van der Waals surface area contributed by atoms with E-state index in [1.54, 1.807) is 11.5 Å². The van der Waals surface area contributed by atoms with Crippen molar-refractivity contribution in [2.24, 2.45) is 0 Å². The minimum absolute atomic E-state index is 0. The van der Waals surface area contributed by atoms with Gasteiger partial charge in [-0.3, -0.25) is 9.36 Å². The third-order valence-electron chi connectivity index (χ3n) is 2.53. The van der Waals surface area contributed by atoms with E-state index in [0.29, 0.717) is 13.2 Å². The normalized spacial score (nSPS) is 10.6. The van der Waals surface area contributed by atoms with Gasteiger partial charge in [0.1, 0.15) is 0 Å². The smallest absolute Gasteiger partial charge is 0.326 e. The van der Waals surface area contributed by atoms with Crippen LogP contribution in [0.1, 0.15) is 14.8 Å². The number of aromatic amines is 1. The molecule has 0 spiro atoms. The number of esters is 1. The van der Waals surface area contributed by atoms with Crippen LogP contribution in [0.25, 0.3) is 11.0 Å². The Morgan fingerprint density at radius 1 is 1.47 bits per heavy atom. The fourth-order valence-corrected chi connectivity index (χ4v) is 1.77. The largest absolute Gasteiger partial charge is 0.466 e. The van der Waals surface area contributed by atoms with Crippen molar-refractivity contribution in [2.45, 2.75) is 19.9 Å². The number of carbonyl (C=O) groups is 1. The zero-order valence-corrected chi connectivity index (χ0v) is 9.60. The molecule has 17 heavy (non-hydrogen) atoms. The molecule has 1 N–H and O–H groups in total. The van der Waals surface area contributed by atoms with E-state index < -0.39 is 0 Å². The topological polar surface area (TPSA) is 64.1 Å². The number of nitrogens with zero attached hydrogens (tertiary/aromatic N) is 1. The van der Waals surface area contributed by atoms with Gasteiger partial charge in [-0.25, -0.2) is 4.79 Å². The van der Waals surface area contributed by atoms with Gasteiger partial charge in [0.25, 0.3) is 0 Å². The lowest BCUT2D eigenvalue weighted by atomic mass is 10.3. The quantitative estimate of drug-likeness (QED) is 0.819. The summed E-state index contributed by atoms with van der Waals surface area (Å²) in [4.78, 5) is 25.6. The van der Waals surface area contributed by atoms with Crippen molar-refractivity contribution in [3.8, 4) is 0 Å². The van der Waals surface area contributed by atoms with E-state index in [9.17, 15) is 9.59 Å². The molecule has 1 heterocycles. The number of hydrogen-bond acceptors (Lipinski definition) is 3. The Balaban J connectivity index is 0.00000162. The van der Waals surface area contributed by atoms with E-state index in [1.165, 1.54) is 0 Å². The number of H-pyrrole nitrogens is 1.